The van der Waals surface area contributed by atoms with Crippen molar-refractivity contribution in [2.45, 2.75) is 51.0 Å². The molecule has 86 valence electrons. The maximum atomic E-state index is 11.9. The molecule has 3 heteroatoms. The van der Waals surface area contributed by atoms with Crippen LogP contribution in [-0.4, -0.2) is 23.8 Å². The first-order valence-corrected chi connectivity index (χ1v) is 5.78. The van der Waals surface area contributed by atoms with E-state index in [1.165, 1.54) is 7.11 Å². The molecule has 0 aromatic carbocycles. The maximum Gasteiger partial charge on any atom is 0.311 e. The molecule has 0 saturated heterocycles. The zero-order valence-electron chi connectivity index (χ0n) is 9.58. The molecule has 0 heterocycles. The van der Waals surface area contributed by atoms with Crippen molar-refractivity contribution in [2.75, 3.05) is 7.11 Å². The van der Waals surface area contributed by atoms with Gasteiger partial charge in [-0.05, 0) is 38.5 Å². The molecular weight excluding hydrogens is 192 g/mol. The number of esters is 1. The summed E-state index contributed by atoms with van der Waals surface area (Å²) in [6.45, 7) is 1.85. The third-order valence-corrected chi connectivity index (χ3v) is 4.01. The van der Waals surface area contributed by atoms with Crippen LogP contribution in [0.2, 0.25) is 0 Å². The first-order valence-electron chi connectivity index (χ1n) is 5.78. The number of hydrogen-bond donors (Lipinski definition) is 1. The molecule has 2 fully saturated rings. The molecule has 2 aliphatic carbocycles. The van der Waals surface area contributed by atoms with E-state index in [4.69, 9.17) is 4.74 Å². The minimum absolute atomic E-state index is 0.118. The van der Waals surface area contributed by atoms with E-state index >= 15 is 0 Å². The summed E-state index contributed by atoms with van der Waals surface area (Å²) in [6.07, 6.45) is 5.45. The van der Waals surface area contributed by atoms with Gasteiger partial charge in [0.25, 0.3) is 0 Å². The molecule has 2 rings (SSSR count). The van der Waals surface area contributed by atoms with Crippen LogP contribution in [0.5, 0.6) is 0 Å². The number of methoxy groups -OCH3 is 1. The Morgan fingerprint density at radius 1 is 1.47 bits per heavy atom. The lowest BCUT2D eigenvalue weighted by Gasteiger charge is -2.48. The van der Waals surface area contributed by atoms with Gasteiger partial charge in [-0.2, -0.15) is 0 Å². The van der Waals surface area contributed by atoms with E-state index in [1.807, 2.05) is 6.92 Å². The van der Waals surface area contributed by atoms with Crippen molar-refractivity contribution in [1.82, 2.24) is 0 Å². The molecule has 0 amide bonds. The lowest BCUT2D eigenvalue weighted by Crippen LogP contribution is -2.49. The van der Waals surface area contributed by atoms with Crippen LogP contribution in [0, 0.1) is 11.3 Å². The monoisotopic (exact) mass is 212 g/mol. The van der Waals surface area contributed by atoms with Crippen LogP contribution >= 0.6 is 0 Å². The number of carbonyl (C=O) groups is 1. The van der Waals surface area contributed by atoms with Crippen molar-refractivity contribution in [2.24, 2.45) is 11.3 Å². The average Bonchev–Trinajstić information content (AvgIpc) is 2.14. The Morgan fingerprint density at radius 3 is 2.87 bits per heavy atom. The van der Waals surface area contributed by atoms with Crippen LogP contribution < -0.4 is 0 Å². The lowest BCUT2D eigenvalue weighted by molar-refractivity contribution is -0.168. The molecule has 2 bridgehead atoms. The molecule has 2 saturated carbocycles. The molecule has 1 N–H and O–H groups in total. The van der Waals surface area contributed by atoms with Gasteiger partial charge in [0.1, 0.15) is 0 Å². The summed E-state index contributed by atoms with van der Waals surface area (Å²) in [7, 11) is 1.45. The summed E-state index contributed by atoms with van der Waals surface area (Å²) in [5, 5.41) is 10.2. The van der Waals surface area contributed by atoms with Gasteiger partial charge >= 0.3 is 5.97 Å². The highest BCUT2D eigenvalue weighted by Gasteiger charge is 2.52. The Bertz CT molecular complexity index is 272. The molecule has 3 atom stereocenters. The van der Waals surface area contributed by atoms with E-state index in [0.717, 1.165) is 32.1 Å². The lowest BCUT2D eigenvalue weighted by atomic mass is 9.58. The topological polar surface area (TPSA) is 46.5 Å². The fourth-order valence-corrected chi connectivity index (χ4v) is 3.72. The highest BCUT2D eigenvalue weighted by molar-refractivity contribution is 5.77. The molecule has 3 nitrogen and oxygen atoms in total. The van der Waals surface area contributed by atoms with E-state index < -0.39 is 5.60 Å². The molecule has 3 unspecified atom stereocenters. The van der Waals surface area contributed by atoms with Crippen molar-refractivity contribution in [3.63, 3.8) is 0 Å². The summed E-state index contributed by atoms with van der Waals surface area (Å²) >= 11 is 0. The fraction of sp³-hybridized carbons (Fsp3) is 0.917. The van der Waals surface area contributed by atoms with Crippen LogP contribution in [0.15, 0.2) is 0 Å². The number of ether oxygens (including phenoxy) is 1. The molecule has 0 aromatic rings. The van der Waals surface area contributed by atoms with E-state index in [2.05, 4.69) is 0 Å². The predicted octanol–water partition coefficient (Wildman–Crippen LogP) is 1.88. The normalized spacial score (nSPS) is 44.9. The van der Waals surface area contributed by atoms with Gasteiger partial charge in [-0.15, -0.1) is 0 Å². The molecule has 15 heavy (non-hydrogen) atoms. The standard InChI is InChI=1S/C12H20O3/c1-11(14)6-9-4-3-5-12(7-9,8-11)10(13)15-2/h9,14H,3-8H2,1-2H3. The second-order valence-electron chi connectivity index (χ2n) is 5.61. The Balaban J connectivity index is 2.25. The first-order chi connectivity index (χ1) is 6.97. The second kappa shape index (κ2) is 3.48. The van der Waals surface area contributed by atoms with Crippen LogP contribution in [0.25, 0.3) is 0 Å². The minimum atomic E-state index is -0.683. The Kier molecular flexibility index (Phi) is 2.53. The van der Waals surface area contributed by atoms with Gasteiger partial charge in [-0.1, -0.05) is 12.8 Å². The van der Waals surface area contributed by atoms with E-state index in [1.54, 1.807) is 0 Å². The zero-order valence-corrected chi connectivity index (χ0v) is 9.58. The number of aliphatic hydroxyl groups is 1. The van der Waals surface area contributed by atoms with Gasteiger partial charge in [0.05, 0.1) is 18.1 Å². The Labute approximate surface area is 90.8 Å². The van der Waals surface area contributed by atoms with E-state index in [9.17, 15) is 9.90 Å². The van der Waals surface area contributed by atoms with Crippen molar-refractivity contribution in [1.29, 1.82) is 0 Å². The number of rotatable bonds is 1. The van der Waals surface area contributed by atoms with Gasteiger partial charge in [0, 0.05) is 0 Å². The molecule has 0 spiro atoms. The smallest absolute Gasteiger partial charge is 0.311 e. The van der Waals surface area contributed by atoms with Gasteiger partial charge in [0.2, 0.25) is 0 Å². The largest absolute Gasteiger partial charge is 0.469 e. The summed E-state index contributed by atoms with van der Waals surface area (Å²) in [6, 6.07) is 0. The molecule has 0 aromatic heterocycles. The maximum absolute atomic E-state index is 11.9. The Morgan fingerprint density at radius 2 is 2.20 bits per heavy atom. The van der Waals surface area contributed by atoms with Crippen molar-refractivity contribution >= 4 is 5.97 Å². The van der Waals surface area contributed by atoms with Crippen LogP contribution in [0.1, 0.15) is 45.4 Å². The van der Waals surface area contributed by atoms with Crippen molar-refractivity contribution in [3.8, 4) is 0 Å². The van der Waals surface area contributed by atoms with Crippen molar-refractivity contribution in [3.05, 3.63) is 0 Å². The number of hydrogen-bond acceptors (Lipinski definition) is 3. The third kappa shape index (κ3) is 1.89. The predicted molar refractivity (Wildman–Crippen MR) is 56.3 cm³/mol. The second-order valence-corrected chi connectivity index (χ2v) is 5.61. The minimum Gasteiger partial charge on any atom is -0.469 e. The fourth-order valence-electron chi connectivity index (χ4n) is 3.72. The molecule has 2 aliphatic rings. The molecule has 0 radical (unpaired) electrons. The summed E-state index contributed by atoms with van der Waals surface area (Å²) < 4.78 is 4.91. The SMILES string of the molecule is COC(=O)C12CCCC(CC(C)(O)C1)C2. The van der Waals surface area contributed by atoms with Gasteiger partial charge in [0.15, 0.2) is 0 Å². The van der Waals surface area contributed by atoms with Gasteiger partial charge < -0.3 is 9.84 Å². The van der Waals surface area contributed by atoms with Crippen molar-refractivity contribution < 1.29 is 14.6 Å². The van der Waals surface area contributed by atoms with Crippen LogP contribution in [-0.2, 0) is 9.53 Å². The number of fused-ring (bicyclic) bond motifs is 2. The third-order valence-electron chi connectivity index (χ3n) is 4.01. The Hall–Kier alpha value is -0.570. The first kappa shape index (κ1) is 10.9. The average molecular weight is 212 g/mol. The zero-order chi connectivity index (χ0) is 11.1. The highest BCUT2D eigenvalue weighted by Crippen LogP contribution is 2.52. The van der Waals surface area contributed by atoms with E-state index in [-0.39, 0.29) is 11.4 Å². The molecular formula is C12H20O3. The molecule has 0 aliphatic heterocycles. The summed E-state index contributed by atoms with van der Waals surface area (Å²) in [5.74, 6) is 0.383. The van der Waals surface area contributed by atoms with Gasteiger partial charge in [-0.25, -0.2) is 0 Å². The quantitative estimate of drug-likeness (QED) is 0.675. The van der Waals surface area contributed by atoms with Gasteiger partial charge in [-0.3, -0.25) is 4.79 Å². The number of carbonyl (C=O) groups excluding carboxylic acids is 1. The summed E-state index contributed by atoms with van der Waals surface area (Å²) in [4.78, 5) is 11.9. The van der Waals surface area contributed by atoms with Crippen LogP contribution in [0.3, 0.4) is 0 Å². The van der Waals surface area contributed by atoms with Crippen LogP contribution in [0.4, 0.5) is 0 Å². The highest BCUT2D eigenvalue weighted by atomic mass is 16.5. The summed E-state index contributed by atoms with van der Waals surface area (Å²) in [5.41, 5.74) is -1.07. The van der Waals surface area contributed by atoms with E-state index in [0.29, 0.717) is 12.3 Å².